The summed E-state index contributed by atoms with van der Waals surface area (Å²) in [5.74, 6) is -2.51. The normalized spacial score (nSPS) is 14.0. The van der Waals surface area contributed by atoms with Crippen molar-refractivity contribution in [3.63, 3.8) is 0 Å². The van der Waals surface area contributed by atoms with Crippen LogP contribution < -0.4 is 15.8 Å². The molecule has 41 heavy (non-hydrogen) atoms. The van der Waals surface area contributed by atoms with Gasteiger partial charge in [0.05, 0.1) is 24.5 Å². The van der Waals surface area contributed by atoms with Crippen molar-refractivity contribution in [2.45, 2.75) is 6.92 Å². The number of benzene rings is 3. The average Bonchev–Trinajstić information content (AvgIpc) is 3.42. The summed E-state index contributed by atoms with van der Waals surface area (Å²) in [4.78, 5) is 31.5. The van der Waals surface area contributed by atoms with Gasteiger partial charge in [0.25, 0.3) is 5.91 Å². The second-order valence-corrected chi connectivity index (χ2v) is 9.47. The lowest BCUT2D eigenvalue weighted by atomic mass is 10.1. The third kappa shape index (κ3) is 5.68. The summed E-state index contributed by atoms with van der Waals surface area (Å²) in [5.41, 5.74) is 9.05. The number of ether oxygens (including phenoxy) is 2. The van der Waals surface area contributed by atoms with Gasteiger partial charge in [0.2, 0.25) is 11.6 Å². The number of aromatic amines is 1. The van der Waals surface area contributed by atoms with E-state index >= 15 is 0 Å². The third-order valence-electron chi connectivity index (χ3n) is 6.79. The van der Waals surface area contributed by atoms with Crippen LogP contribution in [0.3, 0.4) is 0 Å². The summed E-state index contributed by atoms with van der Waals surface area (Å²) in [6.07, 6.45) is 1.36. The smallest absolute Gasteiger partial charge is 0.254 e. The topological polar surface area (TPSA) is 110 Å². The maximum Gasteiger partial charge on any atom is 0.254 e. The van der Waals surface area contributed by atoms with E-state index in [-0.39, 0.29) is 28.7 Å². The Balaban J connectivity index is 1.37. The van der Waals surface area contributed by atoms with Gasteiger partial charge >= 0.3 is 0 Å². The van der Waals surface area contributed by atoms with Gasteiger partial charge in [-0.1, -0.05) is 24.8 Å². The Labute approximate surface area is 235 Å². The van der Waals surface area contributed by atoms with Crippen molar-refractivity contribution in [1.82, 2.24) is 9.88 Å². The van der Waals surface area contributed by atoms with Crippen molar-refractivity contribution in [3.8, 4) is 11.5 Å². The number of halogens is 2. The molecule has 4 N–H and O–H groups in total. The molecule has 210 valence electrons. The minimum absolute atomic E-state index is 0.0567. The number of anilines is 1. The number of carbonyl (C=O) groups is 2. The van der Waals surface area contributed by atoms with Gasteiger partial charge in [0, 0.05) is 35.2 Å². The fourth-order valence-corrected chi connectivity index (χ4v) is 4.61. The second-order valence-electron chi connectivity index (χ2n) is 9.47. The van der Waals surface area contributed by atoms with E-state index in [9.17, 15) is 18.4 Å². The summed E-state index contributed by atoms with van der Waals surface area (Å²) < 4.78 is 38.4. The molecule has 1 amide bonds. The van der Waals surface area contributed by atoms with Crippen LogP contribution in [0.2, 0.25) is 0 Å². The number of fused-ring (bicyclic) bond motifs is 1. The van der Waals surface area contributed by atoms with E-state index in [0.717, 1.165) is 6.07 Å². The molecule has 0 radical (unpaired) electrons. The molecular weight excluding hydrogens is 530 g/mol. The highest BCUT2D eigenvalue weighted by atomic mass is 19.2. The number of nitrogens with two attached hydrogens (primary N) is 1. The molecule has 8 nitrogen and oxygen atoms in total. The highest BCUT2D eigenvalue weighted by Crippen LogP contribution is 2.30. The molecule has 1 fully saturated rings. The monoisotopic (exact) mass is 558 g/mol. The lowest BCUT2D eigenvalue weighted by Gasteiger charge is -2.27. The maximum absolute atomic E-state index is 14.0. The van der Waals surface area contributed by atoms with Gasteiger partial charge in [-0.3, -0.25) is 9.59 Å². The molecule has 1 saturated heterocycles. The molecule has 1 aliphatic rings. The molecule has 4 aromatic rings. The van der Waals surface area contributed by atoms with Crippen LogP contribution >= 0.6 is 0 Å². The SMILES string of the molecule is C=C/C(C(=O)c1cc2c(C(=O)N3CCOCC3)cccc2[nH]1)=C(/N)Nc1ccc(Oc2cccc(F)c2F)cc1C. The largest absolute Gasteiger partial charge is 0.454 e. The summed E-state index contributed by atoms with van der Waals surface area (Å²) in [5, 5.41) is 3.65. The van der Waals surface area contributed by atoms with Crippen molar-refractivity contribution in [2.24, 2.45) is 5.73 Å². The van der Waals surface area contributed by atoms with Gasteiger partial charge in [-0.2, -0.15) is 4.39 Å². The van der Waals surface area contributed by atoms with Crippen molar-refractivity contribution in [1.29, 1.82) is 0 Å². The molecule has 10 heteroatoms. The van der Waals surface area contributed by atoms with E-state index in [0.29, 0.717) is 59.8 Å². The van der Waals surface area contributed by atoms with Crippen LogP contribution in [0, 0.1) is 18.6 Å². The number of aryl methyl sites for hydroxylation is 1. The molecule has 0 saturated carbocycles. The zero-order valence-electron chi connectivity index (χ0n) is 22.3. The zero-order chi connectivity index (χ0) is 29.1. The Morgan fingerprint density at radius 2 is 1.85 bits per heavy atom. The van der Waals surface area contributed by atoms with Crippen molar-refractivity contribution in [3.05, 3.63) is 113 Å². The van der Waals surface area contributed by atoms with E-state index in [1.165, 1.54) is 18.2 Å². The maximum atomic E-state index is 14.0. The number of carbonyl (C=O) groups excluding carboxylic acids is 2. The van der Waals surface area contributed by atoms with Crippen LogP contribution in [-0.4, -0.2) is 47.9 Å². The van der Waals surface area contributed by atoms with Gasteiger partial charge in [0.1, 0.15) is 11.6 Å². The van der Waals surface area contributed by atoms with Gasteiger partial charge in [0.15, 0.2) is 11.6 Å². The van der Waals surface area contributed by atoms with Crippen molar-refractivity contribution < 1.29 is 27.8 Å². The molecular formula is C31H28F2N4O4. The first-order valence-corrected chi connectivity index (χ1v) is 12.9. The van der Waals surface area contributed by atoms with E-state index < -0.39 is 17.4 Å². The Morgan fingerprint density at radius 3 is 2.59 bits per heavy atom. The van der Waals surface area contributed by atoms with Crippen LogP contribution in [0.15, 0.2) is 84.7 Å². The van der Waals surface area contributed by atoms with Gasteiger partial charge in [-0.15, -0.1) is 0 Å². The number of amides is 1. The highest BCUT2D eigenvalue weighted by molar-refractivity contribution is 6.14. The summed E-state index contributed by atoms with van der Waals surface area (Å²) in [7, 11) is 0. The number of nitrogens with one attached hydrogen (secondary N) is 2. The van der Waals surface area contributed by atoms with Crippen LogP contribution in [0.25, 0.3) is 10.9 Å². The second kappa shape index (κ2) is 11.6. The van der Waals surface area contributed by atoms with E-state index in [2.05, 4.69) is 16.9 Å². The molecule has 0 atom stereocenters. The molecule has 3 aromatic carbocycles. The van der Waals surface area contributed by atoms with Crippen molar-refractivity contribution in [2.75, 3.05) is 31.6 Å². The first-order chi connectivity index (χ1) is 19.8. The average molecular weight is 559 g/mol. The quantitative estimate of drug-likeness (QED) is 0.146. The number of morpholine rings is 1. The van der Waals surface area contributed by atoms with E-state index in [4.69, 9.17) is 15.2 Å². The first-order valence-electron chi connectivity index (χ1n) is 12.9. The summed E-state index contributed by atoms with van der Waals surface area (Å²) in [6, 6.07) is 15.5. The molecule has 0 spiro atoms. The fourth-order valence-electron chi connectivity index (χ4n) is 4.61. The van der Waals surface area contributed by atoms with Gasteiger partial charge < -0.3 is 30.4 Å². The zero-order valence-corrected chi connectivity index (χ0v) is 22.3. The Kier molecular flexibility index (Phi) is 7.84. The number of aromatic nitrogens is 1. The predicted octanol–water partition coefficient (Wildman–Crippen LogP) is 5.67. The number of H-pyrrole nitrogens is 1. The molecule has 0 bridgehead atoms. The lowest BCUT2D eigenvalue weighted by Crippen LogP contribution is -2.40. The Bertz CT molecular complexity index is 1690. The molecule has 2 heterocycles. The summed E-state index contributed by atoms with van der Waals surface area (Å²) in [6.45, 7) is 7.51. The number of ketones is 1. The molecule has 5 rings (SSSR count). The molecule has 0 unspecified atom stereocenters. The standard InChI is InChI=1S/C31H28F2N4O4/c1-3-20(30(34)36-24-11-10-19(16-18(24)2)41-27-9-5-7-23(32)28(27)33)29(38)26-17-22-21(6-4-8-25(22)35-26)31(39)37-12-14-40-15-13-37/h3-11,16-17,35-36H,1,12-15,34H2,2H3/b30-20+. The number of hydrogen-bond acceptors (Lipinski definition) is 6. The first kappa shape index (κ1) is 27.6. The molecule has 1 aromatic heterocycles. The number of Topliss-reactive ketones (excluding diaryl/α,β-unsaturated/α-hetero) is 1. The fraction of sp³-hybridized carbons (Fsp3) is 0.161. The van der Waals surface area contributed by atoms with Crippen molar-refractivity contribution >= 4 is 28.3 Å². The van der Waals surface area contributed by atoms with Gasteiger partial charge in [-0.25, -0.2) is 4.39 Å². The third-order valence-corrected chi connectivity index (χ3v) is 6.79. The van der Waals surface area contributed by atoms with E-state index in [1.54, 1.807) is 54.3 Å². The number of allylic oxidation sites excluding steroid dienone is 2. The van der Waals surface area contributed by atoms with Gasteiger partial charge in [-0.05, 0) is 61.0 Å². The van der Waals surface area contributed by atoms with Crippen LogP contribution in [0.4, 0.5) is 14.5 Å². The predicted molar refractivity (Wildman–Crippen MR) is 152 cm³/mol. The number of hydrogen-bond donors (Lipinski definition) is 3. The summed E-state index contributed by atoms with van der Waals surface area (Å²) >= 11 is 0. The molecule has 1 aliphatic heterocycles. The van der Waals surface area contributed by atoms with Crippen LogP contribution in [0.5, 0.6) is 11.5 Å². The Morgan fingerprint density at radius 1 is 1.10 bits per heavy atom. The lowest BCUT2D eigenvalue weighted by molar-refractivity contribution is 0.0304. The molecule has 0 aliphatic carbocycles. The van der Waals surface area contributed by atoms with Crippen LogP contribution in [0.1, 0.15) is 26.4 Å². The minimum Gasteiger partial charge on any atom is -0.454 e. The highest BCUT2D eigenvalue weighted by Gasteiger charge is 2.23. The number of nitrogens with zero attached hydrogens (tertiary/aromatic N) is 1. The Hall–Kier alpha value is -4.96. The number of rotatable bonds is 8. The van der Waals surface area contributed by atoms with E-state index in [1.807, 2.05) is 0 Å². The van der Waals surface area contributed by atoms with Crippen LogP contribution in [-0.2, 0) is 4.74 Å². The minimum atomic E-state index is -1.08.